The normalized spacial score (nSPS) is 10.5. The number of carbonyl (C=O) groups is 2. The maximum Gasteiger partial charge on any atom is 0.255 e. The second-order valence-corrected chi connectivity index (χ2v) is 12.5. The summed E-state index contributed by atoms with van der Waals surface area (Å²) in [5.41, 5.74) is 3.09. The molecule has 0 aliphatic carbocycles. The Bertz CT molecular complexity index is 2140. The molecule has 2 aromatic heterocycles. The van der Waals surface area contributed by atoms with E-state index in [9.17, 15) is 22.8 Å². The topological polar surface area (TPSA) is 90.5 Å². The van der Waals surface area contributed by atoms with Crippen molar-refractivity contribution in [1.82, 2.24) is 19.8 Å². The smallest absolute Gasteiger partial charge is 0.255 e. The average Bonchev–Trinajstić information content (AvgIpc) is 3.18. The molecule has 0 spiro atoms. The van der Waals surface area contributed by atoms with Crippen LogP contribution in [0.1, 0.15) is 59.5 Å². The molecule has 2 N–H and O–H groups in total. The van der Waals surface area contributed by atoms with Crippen molar-refractivity contribution in [2.45, 2.75) is 41.5 Å². The fraction of sp³-hybridized carbons (Fsp3) is 0.238. The second kappa shape index (κ2) is 18.4. The van der Waals surface area contributed by atoms with Crippen LogP contribution in [0.15, 0.2) is 85.2 Å². The fourth-order valence-corrected chi connectivity index (χ4v) is 5.82. The van der Waals surface area contributed by atoms with Gasteiger partial charge < -0.3 is 20.4 Å². The Hall–Kier alpha value is -5.68. The summed E-state index contributed by atoms with van der Waals surface area (Å²) in [6.07, 6.45) is 3.01. The van der Waals surface area contributed by atoms with Gasteiger partial charge in [0.2, 0.25) is 0 Å². The molecule has 12 heteroatoms. The molecule has 0 fully saturated rings. The van der Waals surface area contributed by atoms with Crippen LogP contribution >= 0.6 is 11.6 Å². The lowest BCUT2D eigenvalue weighted by atomic mass is 10.0. The maximum atomic E-state index is 14.2. The molecule has 0 aliphatic heterocycles. The van der Waals surface area contributed by atoms with Gasteiger partial charge in [0.15, 0.2) is 17.5 Å². The van der Waals surface area contributed by atoms with Crippen LogP contribution in [0.4, 0.5) is 36.2 Å². The minimum Gasteiger partial charge on any atom is -0.342 e. The molecular weight excluding hydrogens is 713 g/mol. The van der Waals surface area contributed by atoms with E-state index in [1.807, 2.05) is 71.9 Å². The monoisotopic (exact) mass is 756 g/mol. The van der Waals surface area contributed by atoms with Crippen molar-refractivity contribution in [3.63, 3.8) is 0 Å². The van der Waals surface area contributed by atoms with E-state index >= 15 is 0 Å². The van der Waals surface area contributed by atoms with E-state index in [0.29, 0.717) is 41.2 Å². The van der Waals surface area contributed by atoms with Gasteiger partial charge in [-0.1, -0.05) is 74.0 Å². The standard InChI is InChI=1S/C20H19ClFN3O.C20H19F2N3O.C2H6/c2*1-4-25(3)20(26)14-11-23-19(13-8-5-7-12(2)17(13)14)24-16-10-6-9-15(21)18(16)22;1-2/h2*5-11H,4H2,1-3H3,(H,23,24);1-2H3. The lowest BCUT2D eigenvalue weighted by molar-refractivity contribution is 0.0796. The molecule has 0 aliphatic rings. The average molecular weight is 757 g/mol. The predicted octanol–water partition coefficient (Wildman–Crippen LogP) is 10.9. The zero-order chi connectivity index (χ0) is 39.7. The van der Waals surface area contributed by atoms with E-state index in [1.165, 1.54) is 30.6 Å². The number of hydrogen-bond acceptors (Lipinski definition) is 6. The largest absolute Gasteiger partial charge is 0.342 e. The molecule has 0 atom stereocenters. The molecule has 4 aromatic carbocycles. The Morgan fingerprint density at radius 2 is 1.06 bits per heavy atom. The Labute approximate surface area is 319 Å². The van der Waals surface area contributed by atoms with Crippen molar-refractivity contribution in [1.29, 1.82) is 0 Å². The number of hydrogen-bond donors (Lipinski definition) is 2. The molecule has 0 bridgehead atoms. The van der Waals surface area contributed by atoms with Crippen LogP contribution in [0.25, 0.3) is 21.5 Å². The number of aryl methyl sites for hydroxylation is 2. The Balaban J connectivity index is 0.000000230. The van der Waals surface area contributed by atoms with E-state index in [4.69, 9.17) is 11.6 Å². The summed E-state index contributed by atoms with van der Waals surface area (Å²) in [5, 5.41) is 8.84. The first kappa shape index (κ1) is 41.1. The van der Waals surface area contributed by atoms with Crippen LogP contribution in [0, 0.1) is 31.3 Å². The summed E-state index contributed by atoms with van der Waals surface area (Å²) < 4.78 is 41.7. The molecule has 0 radical (unpaired) electrons. The number of fused-ring (bicyclic) bond motifs is 2. The Morgan fingerprint density at radius 1 is 0.648 bits per heavy atom. The first-order valence-corrected chi connectivity index (χ1v) is 17.9. The molecule has 0 saturated heterocycles. The number of halogens is 4. The number of nitrogens with zero attached hydrogens (tertiary/aromatic N) is 4. The van der Waals surface area contributed by atoms with E-state index < -0.39 is 17.5 Å². The highest BCUT2D eigenvalue weighted by molar-refractivity contribution is 6.31. The summed E-state index contributed by atoms with van der Waals surface area (Å²) in [4.78, 5) is 37.3. The molecule has 0 unspecified atom stereocenters. The van der Waals surface area contributed by atoms with Gasteiger partial charge in [0.05, 0.1) is 27.5 Å². The number of benzene rings is 4. The number of rotatable bonds is 8. The SMILES string of the molecule is CC.CCN(C)C(=O)c1cnc(Nc2cccc(Cl)c2F)c2cccc(C)c12.CCN(C)C(=O)c1cnc(Nc2cccc(F)c2F)c2cccc(C)c12. The quantitative estimate of drug-likeness (QED) is 0.161. The lowest BCUT2D eigenvalue weighted by Crippen LogP contribution is -2.26. The third kappa shape index (κ3) is 8.74. The van der Waals surface area contributed by atoms with Gasteiger partial charge in [0.25, 0.3) is 11.8 Å². The van der Waals surface area contributed by atoms with E-state index in [-0.39, 0.29) is 28.2 Å². The van der Waals surface area contributed by atoms with Gasteiger partial charge in [0.1, 0.15) is 11.6 Å². The zero-order valence-electron chi connectivity index (χ0n) is 31.6. The highest BCUT2D eigenvalue weighted by atomic mass is 35.5. The first-order chi connectivity index (χ1) is 25.9. The van der Waals surface area contributed by atoms with Crippen LogP contribution in [0.3, 0.4) is 0 Å². The number of nitrogens with one attached hydrogen (secondary N) is 2. The predicted molar refractivity (Wildman–Crippen MR) is 214 cm³/mol. The van der Waals surface area contributed by atoms with Crippen molar-refractivity contribution in [3.05, 3.63) is 130 Å². The maximum absolute atomic E-state index is 14.2. The molecule has 54 heavy (non-hydrogen) atoms. The molecule has 2 heterocycles. The zero-order valence-corrected chi connectivity index (χ0v) is 32.4. The fourth-order valence-electron chi connectivity index (χ4n) is 5.65. The Kier molecular flexibility index (Phi) is 14.0. The van der Waals surface area contributed by atoms with Crippen LogP contribution < -0.4 is 10.6 Å². The van der Waals surface area contributed by atoms with Gasteiger partial charge in [0, 0.05) is 61.1 Å². The molecule has 6 rings (SSSR count). The Morgan fingerprint density at radius 3 is 1.50 bits per heavy atom. The van der Waals surface area contributed by atoms with Gasteiger partial charge in [-0.05, 0) is 63.1 Å². The number of aromatic nitrogens is 2. The number of amides is 2. The summed E-state index contributed by atoms with van der Waals surface area (Å²) in [6.45, 7) is 12.8. The van der Waals surface area contributed by atoms with Crippen molar-refractivity contribution >= 4 is 68.0 Å². The third-order valence-electron chi connectivity index (χ3n) is 8.75. The van der Waals surface area contributed by atoms with Gasteiger partial charge >= 0.3 is 0 Å². The van der Waals surface area contributed by atoms with Crippen LogP contribution in [-0.2, 0) is 0 Å². The number of carbonyl (C=O) groups excluding carboxylic acids is 2. The minimum absolute atomic E-state index is 0.00920. The highest BCUT2D eigenvalue weighted by Crippen LogP contribution is 2.33. The van der Waals surface area contributed by atoms with E-state index in [1.54, 1.807) is 42.1 Å². The van der Waals surface area contributed by atoms with E-state index in [2.05, 4.69) is 20.6 Å². The van der Waals surface area contributed by atoms with Crippen LogP contribution in [-0.4, -0.2) is 58.8 Å². The molecule has 8 nitrogen and oxygen atoms in total. The second-order valence-electron chi connectivity index (χ2n) is 12.1. The summed E-state index contributed by atoms with van der Waals surface area (Å²) in [7, 11) is 3.47. The summed E-state index contributed by atoms with van der Waals surface area (Å²) >= 11 is 5.86. The van der Waals surface area contributed by atoms with Crippen molar-refractivity contribution in [2.75, 3.05) is 37.8 Å². The first-order valence-electron chi connectivity index (χ1n) is 17.6. The van der Waals surface area contributed by atoms with Crippen molar-refractivity contribution in [2.24, 2.45) is 0 Å². The van der Waals surface area contributed by atoms with Crippen LogP contribution in [0.2, 0.25) is 5.02 Å². The molecule has 2 amide bonds. The molecular formula is C42H44ClF3N6O2. The van der Waals surface area contributed by atoms with Gasteiger partial charge in [-0.3, -0.25) is 9.59 Å². The molecule has 0 saturated carbocycles. The summed E-state index contributed by atoms with van der Waals surface area (Å²) in [6, 6.07) is 19.9. The number of anilines is 4. The van der Waals surface area contributed by atoms with Crippen molar-refractivity contribution < 1.29 is 22.8 Å². The molecule has 6 aromatic rings. The molecule has 282 valence electrons. The van der Waals surface area contributed by atoms with Crippen LogP contribution in [0.5, 0.6) is 0 Å². The van der Waals surface area contributed by atoms with Gasteiger partial charge in [-0.25, -0.2) is 23.1 Å². The van der Waals surface area contributed by atoms with Crippen molar-refractivity contribution in [3.8, 4) is 0 Å². The van der Waals surface area contributed by atoms with Gasteiger partial charge in [-0.15, -0.1) is 0 Å². The summed E-state index contributed by atoms with van der Waals surface area (Å²) in [5.74, 6) is -1.84. The number of pyridine rings is 2. The third-order valence-corrected chi connectivity index (χ3v) is 9.04. The van der Waals surface area contributed by atoms with Gasteiger partial charge in [-0.2, -0.15) is 0 Å². The lowest BCUT2D eigenvalue weighted by Gasteiger charge is -2.18. The van der Waals surface area contributed by atoms with E-state index in [0.717, 1.165) is 33.4 Å². The minimum atomic E-state index is -0.971. The highest BCUT2D eigenvalue weighted by Gasteiger charge is 2.20.